The van der Waals surface area contributed by atoms with Crippen LogP contribution >= 0.6 is 11.6 Å². The van der Waals surface area contributed by atoms with Gasteiger partial charge in [0.1, 0.15) is 11.5 Å². The second-order valence-corrected chi connectivity index (χ2v) is 4.88. The van der Waals surface area contributed by atoms with Crippen LogP contribution in [0.4, 0.5) is 23.2 Å². The van der Waals surface area contributed by atoms with Crippen LogP contribution in [-0.4, -0.2) is 4.98 Å². The van der Waals surface area contributed by atoms with E-state index in [-0.39, 0.29) is 11.1 Å². The maximum absolute atomic E-state index is 13.1. The number of rotatable bonds is 3. The monoisotopic (exact) mass is 318 g/mol. The summed E-state index contributed by atoms with van der Waals surface area (Å²) in [6, 6.07) is 6.18. The summed E-state index contributed by atoms with van der Waals surface area (Å²) in [5.41, 5.74) is 0.183. The second-order valence-electron chi connectivity index (χ2n) is 4.47. The first kappa shape index (κ1) is 15.6. The first-order valence-corrected chi connectivity index (χ1v) is 6.40. The van der Waals surface area contributed by atoms with Gasteiger partial charge in [-0.25, -0.2) is 9.37 Å². The Kier molecular flexibility index (Phi) is 4.37. The molecule has 0 aliphatic carbocycles. The molecule has 7 heteroatoms. The first-order valence-electron chi connectivity index (χ1n) is 6.02. The van der Waals surface area contributed by atoms with Crippen LogP contribution in [0.2, 0.25) is 5.02 Å². The van der Waals surface area contributed by atoms with E-state index in [4.69, 9.17) is 11.6 Å². The molecule has 112 valence electrons. The first-order chi connectivity index (χ1) is 9.77. The van der Waals surface area contributed by atoms with Crippen LogP contribution in [0.5, 0.6) is 0 Å². The molecule has 0 amide bonds. The Morgan fingerprint density at radius 2 is 1.90 bits per heavy atom. The zero-order valence-corrected chi connectivity index (χ0v) is 11.6. The molecule has 1 atom stereocenters. The van der Waals surface area contributed by atoms with Crippen LogP contribution in [-0.2, 0) is 6.18 Å². The average Bonchev–Trinajstić information content (AvgIpc) is 2.41. The van der Waals surface area contributed by atoms with Gasteiger partial charge in [-0.15, -0.1) is 0 Å². The third-order valence-corrected chi connectivity index (χ3v) is 3.17. The van der Waals surface area contributed by atoms with Gasteiger partial charge < -0.3 is 5.32 Å². The molecular formula is C14H11ClF4N2. The van der Waals surface area contributed by atoms with Crippen molar-refractivity contribution in [1.29, 1.82) is 0 Å². The van der Waals surface area contributed by atoms with E-state index in [9.17, 15) is 17.6 Å². The van der Waals surface area contributed by atoms with Crippen LogP contribution in [0, 0.1) is 5.82 Å². The number of pyridine rings is 1. The molecule has 1 heterocycles. The topological polar surface area (TPSA) is 24.9 Å². The SMILES string of the molecule is CC(Nc1ccc(C(F)(F)F)nc1)c1ccc(F)c(Cl)c1. The van der Waals surface area contributed by atoms with Crippen molar-refractivity contribution < 1.29 is 17.6 Å². The third-order valence-electron chi connectivity index (χ3n) is 2.88. The summed E-state index contributed by atoms with van der Waals surface area (Å²) in [5.74, 6) is -0.524. The van der Waals surface area contributed by atoms with E-state index in [1.807, 2.05) is 0 Å². The Balaban J connectivity index is 2.12. The number of nitrogens with zero attached hydrogens (tertiary/aromatic N) is 1. The lowest BCUT2D eigenvalue weighted by atomic mass is 10.1. The molecule has 0 aliphatic rings. The Hall–Kier alpha value is -1.82. The van der Waals surface area contributed by atoms with E-state index in [2.05, 4.69) is 10.3 Å². The van der Waals surface area contributed by atoms with Crippen molar-refractivity contribution in [2.45, 2.75) is 19.1 Å². The van der Waals surface area contributed by atoms with Crippen LogP contribution in [0.1, 0.15) is 24.2 Å². The van der Waals surface area contributed by atoms with Crippen molar-refractivity contribution in [3.05, 3.63) is 58.6 Å². The van der Waals surface area contributed by atoms with E-state index in [0.717, 1.165) is 12.3 Å². The number of nitrogens with one attached hydrogen (secondary N) is 1. The number of benzene rings is 1. The molecule has 1 aromatic carbocycles. The fourth-order valence-electron chi connectivity index (χ4n) is 1.76. The second kappa shape index (κ2) is 5.89. The molecule has 1 aromatic heterocycles. The lowest BCUT2D eigenvalue weighted by molar-refractivity contribution is -0.141. The molecule has 21 heavy (non-hydrogen) atoms. The van der Waals surface area contributed by atoms with E-state index >= 15 is 0 Å². The molecule has 0 fully saturated rings. The van der Waals surface area contributed by atoms with Crippen LogP contribution in [0.25, 0.3) is 0 Å². The van der Waals surface area contributed by atoms with Crippen LogP contribution in [0.3, 0.4) is 0 Å². The lowest BCUT2D eigenvalue weighted by Crippen LogP contribution is -2.10. The molecule has 2 aromatic rings. The molecule has 0 bridgehead atoms. The minimum absolute atomic E-state index is 0.00769. The summed E-state index contributed by atoms with van der Waals surface area (Å²) < 4.78 is 50.3. The summed E-state index contributed by atoms with van der Waals surface area (Å²) >= 11 is 5.69. The predicted molar refractivity (Wildman–Crippen MR) is 72.7 cm³/mol. The maximum Gasteiger partial charge on any atom is 0.433 e. The number of hydrogen-bond donors (Lipinski definition) is 1. The van der Waals surface area contributed by atoms with Gasteiger partial charge in [-0.05, 0) is 36.8 Å². The minimum Gasteiger partial charge on any atom is -0.377 e. The number of aromatic nitrogens is 1. The quantitative estimate of drug-likeness (QED) is 0.800. The minimum atomic E-state index is -4.46. The smallest absolute Gasteiger partial charge is 0.377 e. The van der Waals surface area contributed by atoms with Gasteiger partial charge >= 0.3 is 6.18 Å². The summed E-state index contributed by atoms with van der Waals surface area (Å²) in [4.78, 5) is 3.35. The Morgan fingerprint density at radius 1 is 1.19 bits per heavy atom. The number of hydrogen-bond acceptors (Lipinski definition) is 2. The molecule has 0 spiro atoms. The van der Waals surface area contributed by atoms with Gasteiger partial charge in [0, 0.05) is 6.04 Å². The van der Waals surface area contributed by atoms with Crippen molar-refractivity contribution >= 4 is 17.3 Å². The van der Waals surface area contributed by atoms with Gasteiger partial charge in [0.05, 0.1) is 16.9 Å². The highest BCUT2D eigenvalue weighted by Gasteiger charge is 2.32. The molecule has 1 N–H and O–H groups in total. The van der Waals surface area contributed by atoms with Gasteiger partial charge in [0.25, 0.3) is 0 Å². The molecule has 1 unspecified atom stereocenters. The van der Waals surface area contributed by atoms with Crippen LogP contribution in [0.15, 0.2) is 36.5 Å². The summed E-state index contributed by atoms with van der Waals surface area (Å²) in [7, 11) is 0. The highest BCUT2D eigenvalue weighted by molar-refractivity contribution is 6.30. The molecule has 2 rings (SSSR count). The molecule has 0 radical (unpaired) electrons. The molecule has 2 nitrogen and oxygen atoms in total. The van der Waals surface area contributed by atoms with E-state index in [1.165, 1.54) is 18.2 Å². The number of halogens is 5. The molecule has 0 saturated heterocycles. The zero-order valence-electron chi connectivity index (χ0n) is 10.9. The summed E-state index contributed by atoms with van der Waals surface area (Å²) in [6.07, 6.45) is -3.36. The average molecular weight is 319 g/mol. The highest BCUT2D eigenvalue weighted by Crippen LogP contribution is 2.29. The van der Waals surface area contributed by atoms with E-state index in [0.29, 0.717) is 11.3 Å². The molecule has 0 saturated carbocycles. The van der Waals surface area contributed by atoms with Crippen molar-refractivity contribution in [3.63, 3.8) is 0 Å². The van der Waals surface area contributed by atoms with Gasteiger partial charge in [0.15, 0.2) is 0 Å². The summed E-state index contributed by atoms with van der Waals surface area (Å²) in [6.45, 7) is 1.78. The van der Waals surface area contributed by atoms with Crippen molar-refractivity contribution in [2.24, 2.45) is 0 Å². The molecule has 0 aliphatic heterocycles. The van der Waals surface area contributed by atoms with Gasteiger partial charge in [-0.2, -0.15) is 13.2 Å². The maximum atomic E-state index is 13.1. The lowest BCUT2D eigenvalue weighted by Gasteiger charge is -2.16. The Bertz CT molecular complexity index is 626. The molecular weight excluding hydrogens is 308 g/mol. The third kappa shape index (κ3) is 3.85. The predicted octanol–water partition coefficient (Wildman–Crippen LogP) is 5.07. The Morgan fingerprint density at radius 3 is 2.43 bits per heavy atom. The largest absolute Gasteiger partial charge is 0.433 e. The number of alkyl halides is 3. The Labute approximate surface area is 123 Å². The van der Waals surface area contributed by atoms with Gasteiger partial charge in [-0.3, -0.25) is 0 Å². The van der Waals surface area contributed by atoms with Crippen molar-refractivity contribution in [2.75, 3.05) is 5.32 Å². The van der Waals surface area contributed by atoms with E-state index in [1.54, 1.807) is 13.0 Å². The fourth-order valence-corrected chi connectivity index (χ4v) is 1.95. The standard InChI is InChI=1S/C14H11ClF4N2/c1-8(9-2-4-12(16)11(15)6-9)21-10-3-5-13(20-7-10)14(17,18)19/h2-8,21H,1H3. The van der Waals surface area contributed by atoms with Gasteiger partial charge in [0.2, 0.25) is 0 Å². The summed E-state index contributed by atoms with van der Waals surface area (Å²) in [5, 5.41) is 2.96. The van der Waals surface area contributed by atoms with Gasteiger partial charge in [-0.1, -0.05) is 17.7 Å². The normalized spacial score (nSPS) is 13.0. The number of anilines is 1. The van der Waals surface area contributed by atoms with Crippen molar-refractivity contribution in [3.8, 4) is 0 Å². The van der Waals surface area contributed by atoms with Crippen molar-refractivity contribution in [1.82, 2.24) is 4.98 Å². The van der Waals surface area contributed by atoms with E-state index < -0.39 is 17.7 Å². The zero-order chi connectivity index (χ0) is 15.6. The van der Waals surface area contributed by atoms with Crippen LogP contribution < -0.4 is 5.32 Å². The highest BCUT2D eigenvalue weighted by atomic mass is 35.5. The fraction of sp³-hybridized carbons (Fsp3) is 0.214.